The second-order valence-electron chi connectivity index (χ2n) is 7.72. The summed E-state index contributed by atoms with van der Waals surface area (Å²) in [6.45, 7) is 2.41. The third-order valence-corrected chi connectivity index (χ3v) is 5.79. The summed E-state index contributed by atoms with van der Waals surface area (Å²) in [4.78, 5) is 10.4. The largest absolute Gasteiger partial charge is 0.481 e. The molecule has 2 nitrogen and oxygen atoms in total. The average Bonchev–Trinajstić information content (AvgIpc) is 2.47. The van der Waals surface area contributed by atoms with Gasteiger partial charge in [-0.2, -0.15) is 0 Å². The van der Waals surface area contributed by atoms with Crippen molar-refractivity contribution >= 4 is 5.97 Å². The van der Waals surface area contributed by atoms with Crippen molar-refractivity contribution in [2.75, 3.05) is 0 Å². The van der Waals surface area contributed by atoms with Gasteiger partial charge in [0.15, 0.2) is 0 Å². The van der Waals surface area contributed by atoms with Crippen molar-refractivity contribution in [2.45, 2.75) is 90.4 Å². The summed E-state index contributed by atoms with van der Waals surface area (Å²) in [5.74, 6) is -0.654. The van der Waals surface area contributed by atoms with Crippen molar-refractivity contribution in [2.24, 2.45) is 10.8 Å². The Morgan fingerprint density at radius 2 is 1.48 bits per heavy atom. The van der Waals surface area contributed by atoms with E-state index in [4.69, 9.17) is 5.11 Å². The number of carbonyl (C=O) groups is 1. The van der Waals surface area contributed by atoms with E-state index in [1.54, 1.807) is 0 Å². The first-order valence-electron chi connectivity index (χ1n) is 8.96. The van der Waals surface area contributed by atoms with Crippen LogP contribution in [0, 0.1) is 10.8 Å². The molecule has 0 spiro atoms. The SMILES string of the molecule is CC12C=CC(CCCCCCCCCC(=O)O)(CC1)CC2. The average molecular weight is 292 g/mol. The van der Waals surface area contributed by atoms with Gasteiger partial charge in [-0.3, -0.25) is 4.79 Å². The highest BCUT2D eigenvalue weighted by Gasteiger charge is 2.41. The number of hydrogen-bond acceptors (Lipinski definition) is 1. The van der Waals surface area contributed by atoms with Crippen LogP contribution in [0.2, 0.25) is 0 Å². The zero-order chi connectivity index (χ0) is 15.2. The Balaban J connectivity index is 1.49. The molecule has 2 heteroatoms. The minimum Gasteiger partial charge on any atom is -0.481 e. The van der Waals surface area contributed by atoms with Crippen molar-refractivity contribution in [3.63, 3.8) is 0 Å². The molecule has 0 aromatic carbocycles. The molecule has 0 aromatic rings. The fraction of sp³-hybridized carbons (Fsp3) is 0.842. The predicted molar refractivity (Wildman–Crippen MR) is 87.3 cm³/mol. The van der Waals surface area contributed by atoms with Crippen LogP contribution >= 0.6 is 0 Å². The number of hydrogen-bond donors (Lipinski definition) is 1. The van der Waals surface area contributed by atoms with Crippen molar-refractivity contribution in [1.29, 1.82) is 0 Å². The van der Waals surface area contributed by atoms with E-state index in [0.717, 1.165) is 12.8 Å². The van der Waals surface area contributed by atoms with Gasteiger partial charge >= 0.3 is 5.97 Å². The Morgan fingerprint density at radius 1 is 0.905 bits per heavy atom. The van der Waals surface area contributed by atoms with Crippen LogP contribution in [0.1, 0.15) is 90.4 Å². The zero-order valence-electron chi connectivity index (χ0n) is 13.7. The number of rotatable bonds is 10. The maximum Gasteiger partial charge on any atom is 0.303 e. The molecule has 3 aliphatic carbocycles. The lowest BCUT2D eigenvalue weighted by Crippen LogP contribution is -2.35. The lowest BCUT2D eigenvalue weighted by Gasteiger charge is -2.47. The lowest BCUT2D eigenvalue weighted by molar-refractivity contribution is -0.137. The van der Waals surface area contributed by atoms with Crippen LogP contribution in [-0.2, 0) is 4.79 Å². The van der Waals surface area contributed by atoms with Gasteiger partial charge in [0.25, 0.3) is 0 Å². The maximum atomic E-state index is 10.4. The molecule has 3 rings (SSSR count). The number of fused-ring (bicyclic) bond motifs is 2. The molecule has 1 fully saturated rings. The standard InChI is InChI=1S/C19H32O2/c1-18-11-14-19(15-12-18,16-13-18)10-8-6-4-2-3-5-7-9-17(20)21/h11,14H,2-10,12-13,15-16H2,1H3,(H,20,21). The van der Waals surface area contributed by atoms with Crippen molar-refractivity contribution in [1.82, 2.24) is 0 Å². The van der Waals surface area contributed by atoms with E-state index < -0.39 is 5.97 Å². The van der Waals surface area contributed by atoms with E-state index in [9.17, 15) is 4.79 Å². The Labute approximate surface area is 130 Å². The molecule has 0 radical (unpaired) electrons. The molecular weight excluding hydrogens is 260 g/mol. The summed E-state index contributed by atoms with van der Waals surface area (Å²) in [5.41, 5.74) is 1.08. The molecule has 120 valence electrons. The van der Waals surface area contributed by atoms with E-state index in [0.29, 0.717) is 17.3 Å². The molecule has 0 aromatic heterocycles. The first kappa shape index (κ1) is 16.6. The second-order valence-corrected chi connectivity index (χ2v) is 7.72. The highest BCUT2D eigenvalue weighted by Crippen LogP contribution is 2.54. The van der Waals surface area contributed by atoms with Crippen LogP contribution in [-0.4, -0.2) is 11.1 Å². The third kappa shape index (κ3) is 5.16. The number of carboxylic acid groups (broad SMARTS) is 1. The van der Waals surface area contributed by atoms with Gasteiger partial charge in [-0.1, -0.05) is 57.6 Å². The highest BCUT2D eigenvalue weighted by molar-refractivity contribution is 5.66. The summed E-state index contributed by atoms with van der Waals surface area (Å²) in [6.07, 6.45) is 20.9. The van der Waals surface area contributed by atoms with Crippen LogP contribution in [0.15, 0.2) is 12.2 Å². The fourth-order valence-electron chi connectivity index (χ4n) is 4.00. The van der Waals surface area contributed by atoms with Crippen molar-refractivity contribution < 1.29 is 9.90 Å². The molecule has 0 saturated heterocycles. The van der Waals surface area contributed by atoms with E-state index in [2.05, 4.69) is 19.1 Å². The Hall–Kier alpha value is -0.790. The summed E-state index contributed by atoms with van der Waals surface area (Å²) >= 11 is 0. The molecule has 3 aliphatic rings. The first-order chi connectivity index (χ1) is 10.0. The van der Waals surface area contributed by atoms with Gasteiger partial charge in [0.2, 0.25) is 0 Å². The lowest BCUT2D eigenvalue weighted by atomic mass is 9.57. The first-order valence-corrected chi connectivity index (χ1v) is 8.96. The molecule has 21 heavy (non-hydrogen) atoms. The zero-order valence-corrected chi connectivity index (χ0v) is 13.7. The van der Waals surface area contributed by atoms with Crippen LogP contribution in [0.5, 0.6) is 0 Å². The van der Waals surface area contributed by atoms with E-state index in [1.165, 1.54) is 64.2 Å². The van der Waals surface area contributed by atoms with E-state index in [1.807, 2.05) is 0 Å². The smallest absolute Gasteiger partial charge is 0.303 e. The van der Waals surface area contributed by atoms with Gasteiger partial charge in [0.05, 0.1) is 0 Å². The Morgan fingerprint density at radius 3 is 2.00 bits per heavy atom. The van der Waals surface area contributed by atoms with Gasteiger partial charge < -0.3 is 5.11 Å². The predicted octanol–water partition coefficient (Wildman–Crippen LogP) is 5.72. The molecule has 0 unspecified atom stereocenters. The Kier molecular flexibility index (Phi) is 5.89. The van der Waals surface area contributed by atoms with Gasteiger partial charge in [-0.05, 0) is 49.4 Å². The molecule has 0 atom stereocenters. The van der Waals surface area contributed by atoms with Crippen LogP contribution in [0.4, 0.5) is 0 Å². The van der Waals surface area contributed by atoms with Crippen molar-refractivity contribution in [3.05, 3.63) is 12.2 Å². The maximum absolute atomic E-state index is 10.4. The highest BCUT2D eigenvalue weighted by atomic mass is 16.4. The summed E-state index contributed by atoms with van der Waals surface area (Å²) < 4.78 is 0. The fourth-order valence-corrected chi connectivity index (χ4v) is 4.00. The Bertz CT molecular complexity index is 362. The molecular formula is C19H32O2. The number of unbranched alkanes of at least 4 members (excludes halogenated alkanes) is 6. The van der Waals surface area contributed by atoms with Gasteiger partial charge in [0, 0.05) is 6.42 Å². The summed E-state index contributed by atoms with van der Waals surface area (Å²) in [6, 6.07) is 0. The van der Waals surface area contributed by atoms with Crippen LogP contribution in [0.25, 0.3) is 0 Å². The molecule has 0 heterocycles. The van der Waals surface area contributed by atoms with Gasteiger partial charge in [-0.15, -0.1) is 0 Å². The minimum atomic E-state index is -0.654. The number of carboxylic acids is 1. The van der Waals surface area contributed by atoms with Crippen LogP contribution in [0.3, 0.4) is 0 Å². The number of aliphatic carboxylic acids is 1. The molecule has 2 bridgehead atoms. The monoisotopic (exact) mass is 292 g/mol. The molecule has 0 aliphatic heterocycles. The normalized spacial score (nSPS) is 30.7. The third-order valence-electron chi connectivity index (χ3n) is 5.79. The topological polar surface area (TPSA) is 37.3 Å². The molecule has 1 N–H and O–H groups in total. The van der Waals surface area contributed by atoms with E-state index in [-0.39, 0.29) is 0 Å². The van der Waals surface area contributed by atoms with Gasteiger partial charge in [-0.25, -0.2) is 0 Å². The summed E-state index contributed by atoms with van der Waals surface area (Å²) in [5, 5.41) is 8.57. The van der Waals surface area contributed by atoms with Crippen LogP contribution < -0.4 is 0 Å². The number of allylic oxidation sites excluding steroid dienone is 2. The second kappa shape index (κ2) is 7.47. The summed E-state index contributed by atoms with van der Waals surface area (Å²) in [7, 11) is 0. The molecule has 0 amide bonds. The minimum absolute atomic E-state index is 0.341. The van der Waals surface area contributed by atoms with Gasteiger partial charge in [0.1, 0.15) is 0 Å². The quantitative estimate of drug-likeness (QED) is 0.413. The van der Waals surface area contributed by atoms with Crippen molar-refractivity contribution in [3.8, 4) is 0 Å². The van der Waals surface area contributed by atoms with E-state index >= 15 is 0 Å². The molecule has 1 saturated carbocycles.